The average Bonchev–Trinajstić information content (AvgIpc) is 2.72. The fourth-order valence-corrected chi connectivity index (χ4v) is 4.32. The Bertz CT molecular complexity index is 426. The number of nitriles is 1. The van der Waals surface area contributed by atoms with Crippen molar-refractivity contribution in [2.45, 2.75) is 83.3 Å². The maximum absolute atomic E-state index is 11.9. The summed E-state index contributed by atoms with van der Waals surface area (Å²) < 4.78 is 6.07. The lowest BCUT2D eigenvalue weighted by molar-refractivity contribution is -0.0307. The van der Waals surface area contributed by atoms with Crippen LogP contribution in [0.4, 0.5) is 4.79 Å². The van der Waals surface area contributed by atoms with E-state index in [1.165, 1.54) is 4.90 Å². The first-order valence-corrected chi connectivity index (χ1v) is 11.0. The molecule has 0 aromatic carbocycles. The quantitative estimate of drug-likeness (QED) is 0.801. The SMILES string of the molecule is CC(C)(C)N(C(=O)O)C1(C(C#N)O[Si](C)(C)C)CCCC1. The van der Waals surface area contributed by atoms with Crippen molar-refractivity contribution in [3.05, 3.63) is 0 Å². The molecule has 0 spiro atoms. The van der Waals surface area contributed by atoms with Crippen LogP contribution in [0.25, 0.3) is 0 Å². The zero-order chi connectivity index (χ0) is 16.5. The van der Waals surface area contributed by atoms with Gasteiger partial charge < -0.3 is 9.53 Å². The van der Waals surface area contributed by atoms with Crippen LogP contribution >= 0.6 is 0 Å². The Balaban J connectivity index is 3.29. The summed E-state index contributed by atoms with van der Waals surface area (Å²) >= 11 is 0. The molecule has 6 heteroatoms. The smallest absolute Gasteiger partial charge is 0.408 e. The Morgan fingerprint density at radius 1 is 1.33 bits per heavy atom. The molecule has 0 heterocycles. The van der Waals surface area contributed by atoms with E-state index in [9.17, 15) is 15.2 Å². The minimum atomic E-state index is -1.94. The van der Waals surface area contributed by atoms with Crippen molar-refractivity contribution < 1.29 is 14.3 Å². The second kappa shape index (κ2) is 5.97. The molecule has 1 unspecified atom stereocenters. The van der Waals surface area contributed by atoms with Crippen molar-refractivity contribution in [2.24, 2.45) is 0 Å². The first kappa shape index (κ1) is 18.0. The van der Waals surface area contributed by atoms with E-state index in [2.05, 4.69) is 6.07 Å². The normalized spacial score (nSPS) is 19.9. The summed E-state index contributed by atoms with van der Waals surface area (Å²) in [4.78, 5) is 13.4. The number of carbonyl (C=O) groups is 1. The number of amides is 1. The van der Waals surface area contributed by atoms with Gasteiger partial charge in [0, 0.05) is 5.54 Å². The van der Waals surface area contributed by atoms with Crippen LogP contribution in [0, 0.1) is 11.3 Å². The Hall–Kier alpha value is -1.06. The highest BCUT2D eigenvalue weighted by Gasteiger charge is 2.53. The number of nitrogens with zero attached hydrogens (tertiary/aromatic N) is 2. The fraction of sp³-hybridized carbons (Fsp3) is 0.867. The molecule has 1 saturated carbocycles. The number of hydrogen-bond acceptors (Lipinski definition) is 3. The van der Waals surface area contributed by atoms with Crippen molar-refractivity contribution >= 4 is 14.4 Å². The van der Waals surface area contributed by atoms with Crippen molar-refractivity contribution in [1.82, 2.24) is 4.90 Å². The summed E-state index contributed by atoms with van der Waals surface area (Å²) in [5.41, 5.74) is -1.28. The maximum Gasteiger partial charge on any atom is 0.408 e. The van der Waals surface area contributed by atoms with Crippen molar-refractivity contribution in [3.63, 3.8) is 0 Å². The van der Waals surface area contributed by atoms with Crippen molar-refractivity contribution in [1.29, 1.82) is 5.26 Å². The molecule has 1 rings (SSSR count). The fourth-order valence-electron chi connectivity index (χ4n) is 3.35. The minimum Gasteiger partial charge on any atom is -0.465 e. The molecular formula is C15H28N2O3Si. The van der Waals surface area contributed by atoms with Crippen LogP contribution in [0.2, 0.25) is 19.6 Å². The van der Waals surface area contributed by atoms with Gasteiger partial charge in [0.25, 0.3) is 0 Å². The van der Waals surface area contributed by atoms with E-state index < -0.39 is 31.6 Å². The summed E-state index contributed by atoms with van der Waals surface area (Å²) in [7, 11) is -1.94. The van der Waals surface area contributed by atoms with E-state index in [1.807, 2.05) is 40.4 Å². The summed E-state index contributed by atoms with van der Waals surface area (Å²) in [6, 6.07) is 2.26. The van der Waals surface area contributed by atoms with Gasteiger partial charge in [-0.25, -0.2) is 4.79 Å². The molecule has 1 N–H and O–H groups in total. The van der Waals surface area contributed by atoms with Gasteiger partial charge in [-0.05, 0) is 53.3 Å². The molecule has 1 aliphatic carbocycles. The summed E-state index contributed by atoms with van der Waals surface area (Å²) in [5.74, 6) is 0. The minimum absolute atomic E-state index is 0.561. The van der Waals surface area contributed by atoms with E-state index in [4.69, 9.17) is 4.43 Å². The molecule has 0 saturated heterocycles. The van der Waals surface area contributed by atoms with Crippen molar-refractivity contribution in [3.8, 4) is 6.07 Å². The molecule has 1 fully saturated rings. The number of carboxylic acid groups (broad SMARTS) is 1. The maximum atomic E-state index is 11.9. The second-order valence-electron chi connectivity index (χ2n) is 7.84. The molecule has 1 aliphatic rings. The number of hydrogen-bond donors (Lipinski definition) is 1. The van der Waals surface area contributed by atoms with Gasteiger partial charge in [-0.2, -0.15) is 5.26 Å². The van der Waals surface area contributed by atoms with Gasteiger partial charge in [-0.15, -0.1) is 0 Å². The van der Waals surface area contributed by atoms with Gasteiger partial charge in [0.1, 0.15) is 0 Å². The highest BCUT2D eigenvalue weighted by atomic mass is 28.4. The first-order valence-electron chi connectivity index (χ1n) is 7.55. The predicted molar refractivity (Wildman–Crippen MR) is 84.6 cm³/mol. The van der Waals surface area contributed by atoms with Crippen LogP contribution in [-0.2, 0) is 4.43 Å². The molecule has 1 atom stereocenters. The molecule has 0 aromatic rings. The molecule has 0 aromatic heterocycles. The van der Waals surface area contributed by atoms with Crippen LogP contribution in [-0.4, -0.2) is 41.6 Å². The lowest BCUT2D eigenvalue weighted by atomic mass is 9.85. The van der Waals surface area contributed by atoms with Gasteiger partial charge in [0.15, 0.2) is 14.4 Å². The molecule has 21 heavy (non-hydrogen) atoms. The Morgan fingerprint density at radius 2 is 1.81 bits per heavy atom. The third-order valence-electron chi connectivity index (χ3n) is 3.85. The van der Waals surface area contributed by atoms with Crippen LogP contribution in [0.5, 0.6) is 0 Å². The Labute approximate surface area is 129 Å². The monoisotopic (exact) mass is 312 g/mol. The van der Waals surface area contributed by atoms with Crippen molar-refractivity contribution in [2.75, 3.05) is 0 Å². The topological polar surface area (TPSA) is 73.6 Å². The zero-order valence-corrected chi connectivity index (χ0v) is 15.1. The second-order valence-corrected chi connectivity index (χ2v) is 12.3. The number of rotatable bonds is 4. The van der Waals surface area contributed by atoms with Gasteiger partial charge in [0.2, 0.25) is 0 Å². The molecule has 0 radical (unpaired) electrons. The predicted octanol–water partition coefficient (Wildman–Crippen LogP) is 3.82. The molecule has 120 valence electrons. The lowest BCUT2D eigenvalue weighted by Gasteiger charge is -2.50. The summed E-state index contributed by atoms with van der Waals surface area (Å²) in [6.45, 7) is 11.7. The largest absolute Gasteiger partial charge is 0.465 e. The Morgan fingerprint density at radius 3 is 2.10 bits per heavy atom. The first-order chi connectivity index (χ1) is 9.44. The third kappa shape index (κ3) is 3.98. The van der Waals surface area contributed by atoms with Gasteiger partial charge in [-0.1, -0.05) is 12.8 Å². The van der Waals surface area contributed by atoms with Crippen LogP contribution in [0.1, 0.15) is 46.5 Å². The van der Waals surface area contributed by atoms with E-state index in [1.54, 1.807) is 0 Å². The molecule has 5 nitrogen and oxygen atoms in total. The zero-order valence-electron chi connectivity index (χ0n) is 14.1. The third-order valence-corrected chi connectivity index (χ3v) is 4.80. The van der Waals surface area contributed by atoms with Crippen LogP contribution < -0.4 is 0 Å². The summed E-state index contributed by atoms with van der Waals surface area (Å²) in [6.07, 6.45) is 1.60. The Kier molecular flexibility index (Phi) is 5.12. The van der Waals surface area contributed by atoms with E-state index >= 15 is 0 Å². The van der Waals surface area contributed by atoms with E-state index in [0.29, 0.717) is 12.8 Å². The van der Waals surface area contributed by atoms with E-state index in [-0.39, 0.29) is 0 Å². The summed E-state index contributed by atoms with van der Waals surface area (Å²) in [5, 5.41) is 19.4. The lowest BCUT2D eigenvalue weighted by Crippen LogP contribution is -2.64. The standard InChI is InChI=1S/C15H28N2O3Si/c1-14(2,3)17(13(18)19)15(9-7-8-10-15)12(11-16)20-21(4,5)6/h12H,7-10H2,1-6H3,(H,18,19). The molecule has 1 amide bonds. The van der Waals surface area contributed by atoms with Crippen LogP contribution in [0.15, 0.2) is 0 Å². The van der Waals surface area contributed by atoms with Gasteiger partial charge >= 0.3 is 6.09 Å². The molecule has 0 aliphatic heterocycles. The highest BCUT2D eigenvalue weighted by Crippen LogP contribution is 2.43. The molecule has 0 bridgehead atoms. The molecular weight excluding hydrogens is 284 g/mol. The average molecular weight is 312 g/mol. The van der Waals surface area contributed by atoms with E-state index in [0.717, 1.165) is 12.8 Å². The van der Waals surface area contributed by atoms with Gasteiger partial charge in [0.05, 0.1) is 11.6 Å². The highest BCUT2D eigenvalue weighted by molar-refractivity contribution is 6.69. The van der Waals surface area contributed by atoms with Gasteiger partial charge in [-0.3, -0.25) is 4.90 Å². The van der Waals surface area contributed by atoms with Crippen LogP contribution in [0.3, 0.4) is 0 Å².